The summed E-state index contributed by atoms with van der Waals surface area (Å²) < 4.78 is 50.3. The molecule has 1 aromatic carbocycles. The van der Waals surface area contributed by atoms with Crippen molar-refractivity contribution in [1.29, 1.82) is 0 Å². The van der Waals surface area contributed by atoms with E-state index in [1.54, 1.807) is 0 Å². The Hall–Kier alpha value is -2.11. The Labute approximate surface area is 100 Å². The minimum atomic E-state index is -4.45. The van der Waals surface area contributed by atoms with Crippen molar-refractivity contribution in [2.45, 2.75) is 6.18 Å². The van der Waals surface area contributed by atoms with E-state index >= 15 is 0 Å². The van der Waals surface area contributed by atoms with Crippen molar-refractivity contribution < 1.29 is 17.6 Å². The first-order valence-electron chi connectivity index (χ1n) is 4.95. The summed E-state index contributed by atoms with van der Waals surface area (Å²) in [7, 11) is 0. The molecule has 0 aliphatic heterocycles. The van der Waals surface area contributed by atoms with E-state index in [2.05, 4.69) is 4.98 Å². The highest BCUT2D eigenvalue weighted by atomic mass is 19.4. The first-order valence-corrected chi connectivity index (χ1v) is 4.95. The Morgan fingerprint density at radius 2 is 1.78 bits per heavy atom. The summed E-state index contributed by atoms with van der Waals surface area (Å²) in [4.78, 5) is 3.62. The minimum absolute atomic E-state index is 0.0720. The van der Waals surface area contributed by atoms with Gasteiger partial charge in [0.05, 0.1) is 11.8 Å². The lowest BCUT2D eigenvalue weighted by Crippen LogP contribution is -2.06. The van der Waals surface area contributed by atoms with Crippen LogP contribution in [0, 0.1) is 5.82 Å². The summed E-state index contributed by atoms with van der Waals surface area (Å²) in [6, 6.07) is 4.08. The number of aromatic nitrogens is 1. The lowest BCUT2D eigenvalue weighted by atomic mass is 10.0. The molecule has 18 heavy (non-hydrogen) atoms. The van der Waals surface area contributed by atoms with Crippen LogP contribution >= 0.6 is 0 Å². The van der Waals surface area contributed by atoms with Gasteiger partial charge in [0, 0.05) is 23.0 Å². The lowest BCUT2D eigenvalue weighted by Gasteiger charge is -2.10. The van der Waals surface area contributed by atoms with Gasteiger partial charge in [-0.25, -0.2) is 4.39 Å². The molecule has 2 nitrogen and oxygen atoms in total. The van der Waals surface area contributed by atoms with Crippen LogP contribution in [0.15, 0.2) is 36.7 Å². The van der Waals surface area contributed by atoms with Crippen LogP contribution in [0.5, 0.6) is 0 Å². The van der Waals surface area contributed by atoms with Gasteiger partial charge in [-0.15, -0.1) is 0 Å². The van der Waals surface area contributed by atoms with Gasteiger partial charge in [0.1, 0.15) is 5.82 Å². The highest BCUT2D eigenvalue weighted by Gasteiger charge is 2.30. The number of nitrogens with zero attached hydrogens (tertiary/aromatic N) is 1. The molecule has 1 heterocycles. The third-order valence-electron chi connectivity index (χ3n) is 2.39. The topological polar surface area (TPSA) is 38.9 Å². The summed E-state index contributed by atoms with van der Waals surface area (Å²) in [6.07, 6.45) is -2.11. The van der Waals surface area contributed by atoms with Gasteiger partial charge in [0.15, 0.2) is 0 Å². The number of benzene rings is 1. The fraction of sp³-hybridized carbons (Fsp3) is 0.0833. The van der Waals surface area contributed by atoms with Crippen LogP contribution in [0.2, 0.25) is 0 Å². The highest BCUT2D eigenvalue weighted by molar-refractivity contribution is 5.76. The van der Waals surface area contributed by atoms with E-state index in [9.17, 15) is 17.6 Å². The number of anilines is 1. The number of hydrogen-bond acceptors (Lipinski definition) is 2. The zero-order valence-electron chi connectivity index (χ0n) is 9.00. The number of hydrogen-bond donors (Lipinski definition) is 1. The summed E-state index contributed by atoms with van der Waals surface area (Å²) in [5, 5.41) is 0. The molecule has 0 saturated carbocycles. The normalized spacial score (nSPS) is 11.6. The quantitative estimate of drug-likeness (QED) is 0.626. The molecule has 0 radical (unpaired) electrons. The number of nitrogens with two attached hydrogens (primary N) is 1. The van der Waals surface area contributed by atoms with Crippen LogP contribution in [-0.4, -0.2) is 4.98 Å². The second-order valence-electron chi connectivity index (χ2n) is 3.69. The zero-order valence-corrected chi connectivity index (χ0v) is 9.00. The molecule has 6 heteroatoms. The fourth-order valence-electron chi connectivity index (χ4n) is 1.56. The number of rotatable bonds is 1. The van der Waals surface area contributed by atoms with Crippen LogP contribution in [0.25, 0.3) is 11.1 Å². The maximum absolute atomic E-state index is 13.0. The first-order chi connectivity index (χ1) is 8.38. The smallest absolute Gasteiger partial charge is 0.398 e. The molecule has 0 fully saturated rings. The van der Waals surface area contributed by atoms with Gasteiger partial charge in [-0.1, -0.05) is 6.07 Å². The monoisotopic (exact) mass is 256 g/mol. The summed E-state index contributed by atoms with van der Waals surface area (Å²) in [6.45, 7) is 0. The maximum atomic E-state index is 13.0. The Morgan fingerprint density at radius 1 is 1.06 bits per heavy atom. The molecule has 1 aromatic heterocycles. The van der Waals surface area contributed by atoms with Crippen molar-refractivity contribution in [1.82, 2.24) is 4.98 Å². The largest absolute Gasteiger partial charge is 0.416 e. The van der Waals surface area contributed by atoms with Crippen molar-refractivity contribution in [2.24, 2.45) is 0 Å². The number of alkyl halides is 3. The molecule has 2 aromatic rings. The van der Waals surface area contributed by atoms with E-state index < -0.39 is 17.6 Å². The fourth-order valence-corrected chi connectivity index (χ4v) is 1.56. The van der Waals surface area contributed by atoms with Gasteiger partial charge in [-0.3, -0.25) is 4.98 Å². The van der Waals surface area contributed by atoms with Crippen molar-refractivity contribution in [3.63, 3.8) is 0 Å². The van der Waals surface area contributed by atoms with Crippen LogP contribution in [0.3, 0.4) is 0 Å². The second kappa shape index (κ2) is 4.29. The van der Waals surface area contributed by atoms with Crippen LogP contribution in [-0.2, 0) is 6.18 Å². The number of nitrogen functional groups attached to an aromatic ring is 1. The summed E-state index contributed by atoms with van der Waals surface area (Å²) in [5.74, 6) is -0.577. The predicted octanol–water partition coefficient (Wildman–Crippen LogP) is 3.49. The van der Waals surface area contributed by atoms with E-state index in [0.29, 0.717) is 11.1 Å². The van der Waals surface area contributed by atoms with Crippen molar-refractivity contribution >= 4 is 5.69 Å². The Kier molecular flexibility index (Phi) is 2.94. The summed E-state index contributed by atoms with van der Waals surface area (Å²) in [5.41, 5.74) is 5.29. The van der Waals surface area contributed by atoms with Crippen LogP contribution in [0.1, 0.15) is 5.56 Å². The summed E-state index contributed by atoms with van der Waals surface area (Å²) >= 11 is 0. The number of halogens is 4. The Bertz CT molecular complexity index is 579. The van der Waals surface area contributed by atoms with Gasteiger partial charge in [0.2, 0.25) is 0 Å². The second-order valence-corrected chi connectivity index (χ2v) is 3.69. The van der Waals surface area contributed by atoms with Crippen molar-refractivity contribution in [3.8, 4) is 11.1 Å². The molecule has 0 spiro atoms. The van der Waals surface area contributed by atoms with Gasteiger partial charge < -0.3 is 5.73 Å². The Morgan fingerprint density at radius 3 is 2.33 bits per heavy atom. The molecule has 0 atom stereocenters. The van der Waals surface area contributed by atoms with Gasteiger partial charge in [-0.05, 0) is 18.2 Å². The highest BCUT2D eigenvalue weighted by Crippen LogP contribution is 2.34. The molecule has 2 rings (SSSR count). The Balaban J connectivity index is 2.48. The van der Waals surface area contributed by atoms with E-state index in [1.807, 2.05) is 0 Å². The zero-order chi connectivity index (χ0) is 13.3. The standard InChI is InChI=1S/C12H8F4N2/c13-9-3-7(5-18-6-9)10-2-1-8(4-11(10)17)12(14,15)16/h1-6H,17H2. The molecule has 0 aliphatic rings. The molecule has 94 valence electrons. The molecule has 0 amide bonds. The third-order valence-corrected chi connectivity index (χ3v) is 2.39. The molecular weight excluding hydrogens is 248 g/mol. The van der Waals surface area contributed by atoms with E-state index in [1.165, 1.54) is 12.3 Å². The molecule has 0 aliphatic carbocycles. The molecule has 0 saturated heterocycles. The van der Waals surface area contributed by atoms with Crippen LogP contribution in [0.4, 0.5) is 23.2 Å². The molecule has 0 bridgehead atoms. The van der Waals surface area contributed by atoms with Gasteiger partial charge in [0.25, 0.3) is 0 Å². The van der Waals surface area contributed by atoms with Crippen LogP contribution < -0.4 is 5.73 Å². The maximum Gasteiger partial charge on any atom is 0.416 e. The lowest BCUT2D eigenvalue weighted by molar-refractivity contribution is -0.137. The average molecular weight is 256 g/mol. The molecular formula is C12H8F4N2. The minimum Gasteiger partial charge on any atom is -0.398 e. The first kappa shape index (κ1) is 12.3. The van der Waals surface area contributed by atoms with Gasteiger partial charge in [-0.2, -0.15) is 13.2 Å². The van der Waals surface area contributed by atoms with E-state index in [4.69, 9.17) is 5.73 Å². The van der Waals surface area contributed by atoms with Crippen molar-refractivity contribution in [2.75, 3.05) is 5.73 Å². The van der Waals surface area contributed by atoms with Gasteiger partial charge >= 0.3 is 6.18 Å². The predicted molar refractivity (Wildman–Crippen MR) is 59.0 cm³/mol. The molecule has 2 N–H and O–H groups in total. The molecule has 0 unspecified atom stereocenters. The SMILES string of the molecule is Nc1cc(C(F)(F)F)ccc1-c1cncc(F)c1. The number of pyridine rings is 1. The van der Waals surface area contributed by atoms with Crippen molar-refractivity contribution in [3.05, 3.63) is 48.0 Å². The third kappa shape index (κ3) is 2.42. The van der Waals surface area contributed by atoms with E-state index in [-0.39, 0.29) is 5.69 Å². The van der Waals surface area contributed by atoms with E-state index in [0.717, 1.165) is 24.4 Å². The average Bonchev–Trinajstić information content (AvgIpc) is 2.27.